The van der Waals surface area contributed by atoms with Gasteiger partial charge in [0, 0.05) is 0 Å². The van der Waals surface area contributed by atoms with Gasteiger partial charge in [0.2, 0.25) is 0 Å². The van der Waals surface area contributed by atoms with Gasteiger partial charge in [-0.1, -0.05) is 51.0 Å². The van der Waals surface area contributed by atoms with Crippen molar-refractivity contribution in [3.63, 3.8) is 0 Å². The fraction of sp³-hybridized carbons (Fsp3) is 0.375. The summed E-state index contributed by atoms with van der Waals surface area (Å²) in [6.07, 6.45) is 3.68. The van der Waals surface area contributed by atoms with Crippen LogP contribution >= 0.6 is 0 Å². The topological polar surface area (TPSA) is 57.2 Å². The number of hydrogen-bond acceptors (Lipinski definition) is 3. The van der Waals surface area contributed by atoms with Gasteiger partial charge in [-0.25, -0.2) is 8.42 Å². The Morgan fingerprint density at radius 1 is 0.952 bits per heavy atom. The maximum Gasteiger partial charge on any atom is 1.00 e. The predicted molar refractivity (Wildman–Crippen MR) is 79.9 cm³/mol. The summed E-state index contributed by atoms with van der Waals surface area (Å²) in [5.74, 6) is 0. The molecule has 0 aliphatic carbocycles. The van der Waals surface area contributed by atoms with Crippen molar-refractivity contribution in [3.05, 3.63) is 41.5 Å². The Balaban J connectivity index is 0.00000220. The Labute approximate surface area is 148 Å². The molecule has 5 heteroatoms. The molecule has 0 atom stereocenters. The van der Waals surface area contributed by atoms with Gasteiger partial charge in [-0.05, 0) is 40.8 Å². The summed E-state index contributed by atoms with van der Waals surface area (Å²) in [6.45, 7) is 4.13. The van der Waals surface area contributed by atoms with Crippen LogP contribution in [0.5, 0.6) is 0 Å². The van der Waals surface area contributed by atoms with E-state index in [2.05, 4.69) is 6.92 Å². The minimum Gasteiger partial charge on any atom is -0.744 e. The van der Waals surface area contributed by atoms with E-state index in [4.69, 9.17) is 0 Å². The molecule has 0 heterocycles. The van der Waals surface area contributed by atoms with Crippen molar-refractivity contribution in [2.24, 2.45) is 0 Å². The Hall–Kier alpha value is -0.390. The van der Waals surface area contributed by atoms with Gasteiger partial charge in [-0.3, -0.25) is 0 Å². The first-order valence-corrected chi connectivity index (χ1v) is 8.38. The van der Waals surface area contributed by atoms with Crippen LogP contribution in [0.1, 0.15) is 37.8 Å². The SMILES string of the molecule is CCCc1ccc2c(S(=O)(=O)[O-])cc(CCC)cc2c1.[Na+]. The Kier molecular flexibility index (Phi) is 6.88. The molecular weight excluding hydrogens is 295 g/mol. The summed E-state index contributed by atoms with van der Waals surface area (Å²) in [4.78, 5) is -0.0958. The second-order valence-electron chi connectivity index (χ2n) is 5.10. The Bertz CT molecular complexity index is 718. The number of fused-ring (bicyclic) bond motifs is 1. The Morgan fingerprint density at radius 3 is 2.10 bits per heavy atom. The third-order valence-electron chi connectivity index (χ3n) is 3.39. The van der Waals surface area contributed by atoms with Crippen LogP contribution in [0.4, 0.5) is 0 Å². The van der Waals surface area contributed by atoms with Crippen LogP contribution in [-0.4, -0.2) is 13.0 Å². The van der Waals surface area contributed by atoms with Crippen molar-refractivity contribution in [2.75, 3.05) is 0 Å². The van der Waals surface area contributed by atoms with Gasteiger partial charge in [0.05, 0.1) is 4.90 Å². The van der Waals surface area contributed by atoms with E-state index in [1.807, 2.05) is 25.1 Å². The molecule has 0 spiro atoms. The maximum absolute atomic E-state index is 11.5. The van der Waals surface area contributed by atoms with Crippen LogP contribution in [0, 0.1) is 0 Å². The molecule has 0 saturated heterocycles. The van der Waals surface area contributed by atoms with E-state index in [0.717, 1.165) is 36.6 Å². The average molecular weight is 314 g/mol. The molecule has 2 aromatic rings. The third-order valence-corrected chi connectivity index (χ3v) is 4.26. The molecule has 0 aliphatic rings. The van der Waals surface area contributed by atoms with Crippen LogP contribution in [0.3, 0.4) is 0 Å². The van der Waals surface area contributed by atoms with E-state index in [1.165, 1.54) is 11.6 Å². The molecular formula is C16H19NaO3S. The molecule has 0 N–H and O–H groups in total. The fourth-order valence-electron chi connectivity index (χ4n) is 2.53. The van der Waals surface area contributed by atoms with E-state index in [1.54, 1.807) is 6.07 Å². The smallest absolute Gasteiger partial charge is 0.744 e. The first-order valence-electron chi connectivity index (χ1n) is 6.97. The third kappa shape index (κ3) is 4.54. The van der Waals surface area contributed by atoms with E-state index in [9.17, 15) is 13.0 Å². The summed E-state index contributed by atoms with van der Waals surface area (Å²) < 4.78 is 34.4. The largest absolute Gasteiger partial charge is 1.00 e. The van der Waals surface area contributed by atoms with E-state index < -0.39 is 10.1 Å². The minimum absolute atomic E-state index is 0. The van der Waals surface area contributed by atoms with Gasteiger partial charge in [-0.15, -0.1) is 0 Å². The van der Waals surface area contributed by atoms with Crippen LogP contribution < -0.4 is 29.6 Å². The van der Waals surface area contributed by atoms with Crippen molar-refractivity contribution in [2.45, 2.75) is 44.4 Å². The molecule has 0 saturated carbocycles. The first kappa shape index (κ1) is 18.7. The molecule has 3 nitrogen and oxygen atoms in total. The van der Waals surface area contributed by atoms with Gasteiger partial charge in [0.25, 0.3) is 0 Å². The van der Waals surface area contributed by atoms with E-state index >= 15 is 0 Å². The summed E-state index contributed by atoms with van der Waals surface area (Å²) in [5, 5.41) is 1.37. The molecule has 0 amide bonds. The van der Waals surface area contributed by atoms with Crippen molar-refractivity contribution < 1.29 is 42.5 Å². The van der Waals surface area contributed by atoms with Crippen molar-refractivity contribution >= 4 is 20.9 Å². The predicted octanol–water partition coefficient (Wildman–Crippen LogP) is 0.653. The van der Waals surface area contributed by atoms with Gasteiger partial charge in [-0.2, -0.15) is 0 Å². The van der Waals surface area contributed by atoms with E-state index in [-0.39, 0.29) is 34.5 Å². The number of aryl methyl sites for hydroxylation is 2. The quantitative estimate of drug-likeness (QED) is 0.601. The van der Waals surface area contributed by atoms with Gasteiger partial charge >= 0.3 is 29.6 Å². The van der Waals surface area contributed by atoms with Crippen molar-refractivity contribution in [3.8, 4) is 0 Å². The fourth-order valence-corrected chi connectivity index (χ4v) is 3.28. The molecule has 108 valence electrons. The summed E-state index contributed by atoms with van der Waals surface area (Å²) >= 11 is 0. The van der Waals surface area contributed by atoms with Crippen LogP contribution in [0.25, 0.3) is 10.8 Å². The summed E-state index contributed by atoms with van der Waals surface area (Å²) in [6, 6.07) is 9.16. The first-order chi connectivity index (χ1) is 9.45. The minimum atomic E-state index is -4.45. The summed E-state index contributed by atoms with van der Waals surface area (Å²) in [7, 11) is -4.45. The van der Waals surface area contributed by atoms with Gasteiger partial charge in [0.15, 0.2) is 0 Å². The number of rotatable bonds is 5. The monoisotopic (exact) mass is 314 g/mol. The second kappa shape index (κ2) is 7.75. The molecule has 21 heavy (non-hydrogen) atoms. The Morgan fingerprint density at radius 2 is 1.52 bits per heavy atom. The molecule has 0 fully saturated rings. The van der Waals surface area contributed by atoms with Gasteiger partial charge in [0.1, 0.15) is 10.1 Å². The molecule has 0 unspecified atom stereocenters. The van der Waals surface area contributed by atoms with Gasteiger partial charge < -0.3 is 4.55 Å². The zero-order valence-electron chi connectivity index (χ0n) is 12.8. The standard InChI is InChI=1S/C16H20O3S.Na/c1-3-5-12-7-8-15-14(9-12)10-13(6-4-2)11-16(15)20(17,18)19;/h7-11H,3-6H2,1-2H3,(H,17,18,19);/q;+1/p-1. The zero-order valence-corrected chi connectivity index (χ0v) is 15.7. The molecule has 2 aromatic carbocycles. The van der Waals surface area contributed by atoms with Crippen LogP contribution in [0.15, 0.2) is 35.2 Å². The molecule has 0 bridgehead atoms. The van der Waals surface area contributed by atoms with Crippen LogP contribution in [-0.2, 0) is 23.0 Å². The zero-order chi connectivity index (χ0) is 14.8. The van der Waals surface area contributed by atoms with E-state index in [0.29, 0.717) is 5.39 Å². The molecule has 2 rings (SSSR count). The normalized spacial score (nSPS) is 11.4. The number of hydrogen-bond donors (Lipinski definition) is 0. The molecule has 0 aliphatic heterocycles. The molecule has 0 aromatic heterocycles. The van der Waals surface area contributed by atoms with Crippen molar-refractivity contribution in [1.82, 2.24) is 0 Å². The molecule has 0 radical (unpaired) electrons. The average Bonchev–Trinajstić information content (AvgIpc) is 2.37. The second-order valence-corrected chi connectivity index (χ2v) is 6.45. The van der Waals surface area contributed by atoms with Crippen molar-refractivity contribution in [1.29, 1.82) is 0 Å². The maximum atomic E-state index is 11.5. The summed E-state index contributed by atoms with van der Waals surface area (Å²) in [5.41, 5.74) is 2.07. The number of benzene rings is 2. The van der Waals surface area contributed by atoms with Crippen LogP contribution in [0.2, 0.25) is 0 Å².